The van der Waals surface area contributed by atoms with Crippen LogP contribution >= 0.6 is 35.1 Å². The van der Waals surface area contributed by atoms with Gasteiger partial charge < -0.3 is 5.32 Å². The van der Waals surface area contributed by atoms with Crippen molar-refractivity contribution in [3.8, 4) is 0 Å². The number of benzene rings is 2. The quantitative estimate of drug-likeness (QED) is 0.562. The van der Waals surface area contributed by atoms with Crippen molar-refractivity contribution in [1.29, 1.82) is 0 Å². The van der Waals surface area contributed by atoms with Gasteiger partial charge in [-0.25, -0.2) is 4.39 Å². The van der Waals surface area contributed by atoms with Crippen LogP contribution in [-0.2, 0) is 16.3 Å². The van der Waals surface area contributed by atoms with Crippen LogP contribution in [0.1, 0.15) is 17.5 Å². The van der Waals surface area contributed by atoms with Crippen LogP contribution in [0.2, 0.25) is 5.02 Å². The van der Waals surface area contributed by atoms with Gasteiger partial charge >= 0.3 is 0 Å². The molecule has 1 amide bonds. The molecule has 0 aliphatic rings. The van der Waals surface area contributed by atoms with E-state index in [-0.39, 0.29) is 11.7 Å². The summed E-state index contributed by atoms with van der Waals surface area (Å²) in [6.07, 6.45) is 0.515. The number of carbonyl (C=O) groups is 1. The molecule has 0 spiro atoms. The standard InChI is InChI=1S/C19H21ClFNOS2/c20-17-7-4-8-18(21)16(17)14-25-12-10-22-19(23)9-11-24-13-15-5-2-1-3-6-15/h1-8H,9-14H2,(H,22,23). The van der Waals surface area contributed by atoms with Gasteiger partial charge in [-0.1, -0.05) is 48.0 Å². The zero-order valence-electron chi connectivity index (χ0n) is 13.8. The monoisotopic (exact) mass is 397 g/mol. The number of hydrogen-bond donors (Lipinski definition) is 1. The fourth-order valence-corrected chi connectivity index (χ4v) is 4.22. The smallest absolute Gasteiger partial charge is 0.220 e. The van der Waals surface area contributed by atoms with Crippen molar-refractivity contribution in [1.82, 2.24) is 5.32 Å². The number of amides is 1. The molecule has 0 saturated carbocycles. The molecular weight excluding hydrogens is 377 g/mol. The third-order valence-corrected chi connectivity index (χ3v) is 5.83. The summed E-state index contributed by atoms with van der Waals surface area (Å²) in [5.41, 5.74) is 1.80. The number of carbonyl (C=O) groups excluding carboxylic acids is 1. The summed E-state index contributed by atoms with van der Waals surface area (Å²) in [6.45, 7) is 0.582. The maximum Gasteiger partial charge on any atom is 0.220 e. The van der Waals surface area contributed by atoms with Crippen LogP contribution in [0.3, 0.4) is 0 Å². The molecule has 2 aromatic carbocycles. The van der Waals surface area contributed by atoms with Gasteiger partial charge in [-0.05, 0) is 17.7 Å². The summed E-state index contributed by atoms with van der Waals surface area (Å²) in [5.74, 6) is 2.75. The zero-order chi connectivity index (χ0) is 17.9. The Balaban J connectivity index is 1.52. The van der Waals surface area contributed by atoms with Crippen molar-refractivity contribution < 1.29 is 9.18 Å². The minimum atomic E-state index is -0.278. The highest BCUT2D eigenvalue weighted by molar-refractivity contribution is 7.98. The van der Waals surface area contributed by atoms with Crippen molar-refractivity contribution in [2.45, 2.75) is 17.9 Å². The highest BCUT2D eigenvalue weighted by Gasteiger charge is 2.07. The average molecular weight is 398 g/mol. The van der Waals surface area contributed by atoms with Crippen LogP contribution in [0.5, 0.6) is 0 Å². The molecule has 2 rings (SSSR count). The Morgan fingerprint density at radius 2 is 1.76 bits per heavy atom. The van der Waals surface area contributed by atoms with Crippen LogP contribution < -0.4 is 5.32 Å². The maximum atomic E-state index is 13.6. The summed E-state index contributed by atoms with van der Waals surface area (Å²) in [7, 11) is 0. The topological polar surface area (TPSA) is 29.1 Å². The molecule has 0 unspecified atom stereocenters. The van der Waals surface area contributed by atoms with Crippen molar-refractivity contribution in [3.05, 3.63) is 70.5 Å². The fourth-order valence-electron chi connectivity index (χ4n) is 2.12. The number of hydrogen-bond acceptors (Lipinski definition) is 3. The van der Waals surface area contributed by atoms with Gasteiger partial charge in [-0.2, -0.15) is 23.5 Å². The second-order valence-electron chi connectivity index (χ2n) is 5.39. The van der Waals surface area contributed by atoms with E-state index < -0.39 is 0 Å². The maximum absolute atomic E-state index is 13.6. The lowest BCUT2D eigenvalue weighted by molar-refractivity contribution is -0.120. The van der Waals surface area contributed by atoms with Gasteiger partial charge in [-0.15, -0.1) is 0 Å². The zero-order valence-corrected chi connectivity index (χ0v) is 16.2. The minimum Gasteiger partial charge on any atom is -0.355 e. The van der Waals surface area contributed by atoms with Gasteiger partial charge in [0.25, 0.3) is 0 Å². The van der Waals surface area contributed by atoms with Crippen LogP contribution in [0, 0.1) is 5.82 Å². The van der Waals surface area contributed by atoms with Gasteiger partial charge in [0.15, 0.2) is 0 Å². The lowest BCUT2D eigenvalue weighted by Gasteiger charge is -2.07. The third-order valence-electron chi connectivity index (χ3n) is 3.46. The Morgan fingerprint density at radius 1 is 1.00 bits per heavy atom. The molecule has 2 nitrogen and oxygen atoms in total. The Kier molecular flexibility index (Phi) is 9.22. The highest BCUT2D eigenvalue weighted by atomic mass is 35.5. The van der Waals surface area contributed by atoms with Gasteiger partial charge in [0, 0.05) is 46.6 Å². The summed E-state index contributed by atoms with van der Waals surface area (Å²) in [5, 5.41) is 3.35. The molecule has 0 aromatic heterocycles. The molecule has 0 fully saturated rings. The summed E-state index contributed by atoms with van der Waals surface area (Å²) in [6, 6.07) is 14.9. The molecule has 2 aromatic rings. The van der Waals surface area contributed by atoms with Crippen LogP contribution in [0.15, 0.2) is 48.5 Å². The van der Waals surface area contributed by atoms with E-state index in [0.717, 1.165) is 17.3 Å². The van der Waals surface area contributed by atoms with Crippen LogP contribution in [0.25, 0.3) is 0 Å². The second-order valence-corrected chi connectivity index (χ2v) is 8.01. The molecule has 6 heteroatoms. The molecule has 0 bridgehead atoms. The molecule has 0 atom stereocenters. The first-order valence-corrected chi connectivity index (χ1v) is 10.7. The number of halogens is 2. The first-order valence-electron chi connectivity index (χ1n) is 8.06. The number of thioether (sulfide) groups is 2. The molecule has 1 N–H and O–H groups in total. The summed E-state index contributed by atoms with van der Waals surface area (Å²) < 4.78 is 13.6. The number of rotatable bonds is 10. The fraction of sp³-hybridized carbons (Fsp3) is 0.316. The predicted octanol–water partition coefficient (Wildman–Crippen LogP) is 5.15. The molecular formula is C19H21ClFNOS2. The Hall–Kier alpha value is -1.17. The van der Waals surface area contributed by atoms with Crippen molar-refractivity contribution in [3.63, 3.8) is 0 Å². The van der Waals surface area contributed by atoms with Crippen molar-refractivity contribution in [2.24, 2.45) is 0 Å². The van der Waals surface area contributed by atoms with E-state index in [4.69, 9.17) is 11.6 Å². The first-order chi connectivity index (χ1) is 12.2. The second kappa shape index (κ2) is 11.4. The van der Waals surface area contributed by atoms with Crippen molar-refractivity contribution in [2.75, 3.05) is 18.1 Å². The number of nitrogens with one attached hydrogen (secondary N) is 1. The van der Waals surface area contributed by atoms with E-state index in [1.165, 1.54) is 11.6 Å². The van der Waals surface area contributed by atoms with E-state index in [1.807, 2.05) is 18.2 Å². The third kappa shape index (κ3) is 7.72. The highest BCUT2D eigenvalue weighted by Crippen LogP contribution is 2.23. The Labute approximate surface area is 161 Å². The van der Waals surface area contributed by atoms with E-state index in [2.05, 4.69) is 17.4 Å². The molecule has 134 valence electrons. The van der Waals surface area contributed by atoms with Crippen LogP contribution in [0.4, 0.5) is 4.39 Å². The Bertz CT molecular complexity index is 649. The van der Waals surface area contributed by atoms with Crippen LogP contribution in [-0.4, -0.2) is 24.0 Å². The molecule has 0 aliphatic heterocycles. The average Bonchev–Trinajstić information content (AvgIpc) is 2.61. The molecule has 0 aliphatic carbocycles. The summed E-state index contributed by atoms with van der Waals surface area (Å²) in [4.78, 5) is 11.8. The van der Waals surface area contributed by atoms with Gasteiger partial charge in [0.2, 0.25) is 5.91 Å². The lowest BCUT2D eigenvalue weighted by atomic mass is 10.2. The Morgan fingerprint density at radius 3 is 2.52 bits per heavy atom. The van der Waals surface area contributed by atoms with Gasteiger partial charge in [0.05, 0.1) is 0 Å². The minimum absolute atomic E-state index is 0.0603. The van der Waals surface area contributed by atoms with E-state index in [1.54, 1.807) is 35.7 Å². The molecule has 0 saturated heterocycles. The normalized spacial score (nSPS) is 10.6. The predicted molar refractivity (Wildman–Crippen MR) is 108 cm³/mol. The van der Waals surface area contributed by atoms with E-state index >= 15 is 0 Å². The molecule has 0 heterocycles. The largest absolute Gasteiger partial charge is 0.355 e. The molecule has 0 radical (unpaired) electrons. The SMILES string of the molecule is O=C(CCSCc1ccccc1)NCCSCc1c(F)cccc1Cl. The molecule has 25 heavy (non-hydrogen) atoms. The first kappa shape index (κ1) is 20.1. The van der Waals surface area contributed by atoms with Gasteiger partial charge in [-0.3, -0.25) is 4.79 Å². The summed E-state index contributed by atoms with van der Waals surface area (Å²) >= 11 is 9.30. The lowest BCUT2D eigenvalue weighted by Crippen LogP contribution is -2.26. The van der Waals surface area contributed by atoms with E-state index in [0.29, 0.717) is 29.3 Å². The van der Waals surface area contributed by atoms with E-state index in [9.17, 15) is 9.18 Å². The van der Waals surface area contributed by atoms with Crippen molar-refractivity contribution >= 4 is 41.0 Å². The van der Waals surface area contributed by atoms with Gasteiger partial charge in [0.1, 0.15) is 5.82 Å².